The van der Waals surface area contributed by atoms with Gasteiger partial charge in [0.15, 0.2) is 0 Å². The molecule has 32 heavy (non-hydrogen) atoms. The van der Waals surface area contributed by atoms with E-state index in [1.165, 1.54) is 10.6 Å². The van der Waals surface area contributed by atoms with E-state index >= 15 is 0 Å². The Morgan fingerprint density at radius 1 is 1.19 bits per heavy atom. The summed E-state index contributed by atoms with van der Waals surface area (Å²) in [7, 11) is -3.14. The van der Waals surface area contributed by atoms with Crippen molar-refractivity contribution in [1.29, 1.82) is 0 Å². The number of rotatable bonds is 8. The number of carbonyl (C=O) groups excluding carboxylic acids is 1. The van der Waals surface area contributed by atoms with E-state index < -0.39 is 10.0 Å². The molecule has 0 bridgehead atoms. The van der Waals surface area contributed by atoms with Crippen LogP contribution in [0.2, 0.25) is 0 Å². The molecule has 0 N–H and O–H groups in total. The highest BCUT2D eigenvalue weighted by Crippen LogP contribution is 2.27. The summed E-state index contributed by atoms with van der Waals surface area (Å²) in [6, 6.07) is 8.04. The third-order valence-electron chi connectivity index (χ3n) is 6.08. The van der Waals surface area contributed by atoms with Gasteiger partial charge in [0.2, 0.25) is 10.0 Å². The van der Waals surface area contributed by atoms with Crippen LogP contribution in [0.25, 0.3) is 5.57 Å². The first kappa shape index (κ1) is 24.6. The van der Waals surface area contributed by atoms with Gasteiger partial charge in [0.1, 0.15) is 5.75 Å². The molecule has 2 aliphatic rings. The highest BCUT2D eigenvalue weighted by atomic mass is 32.2. The first-order valence-electron chi connectivity index (χ1n) is 11.6. The Labute approximate surface area is 192 Å². The van der Waals surface area contributed by atoms with Crippen LogP contribution in [-0.2, 0) is 14.8 Å². The molecule has 0 radical (unpaired) electrons. The molecule has 7 nitrogen and oxygen atoms in total. The fourth-order valence-electron chi connectivity index (χ4n) is 4.24. The summed E-state index contributed by atoms with van der Waals surface area (Å²) in [4.78, 5) is 13.8. The quantitative estimate of drug-likeness (QED) is 0.540. The molecular weight excluding hydrogens is 428 g/mol. The molecule has 1 amide bonds. The zero-order valence-corrected chi connectivity index (χ0v) is 20.3. The van der Waals surface area contributed by atoms with Crippen LogP contribution >= 0.6 is 0 Å². The maximum atomic E-state index is 12.0. The molecule has 178 valence electrons. The molecule has 3 rings (SSSR count). The number of hydrogen-bond donors (Lipinski definition) is 0. The SMILES string of the molecule is CC(C)OC(=O)N1CCC(CCCOc2cccc(C3=CCN(S(C)(=O)=O)CC3)c2)CC1. The second-order valence-corrected chi connectivity index (χ2v) is 11.0. The van der Waals surface area contributed by atoms with Gasteiger partial charge in [-0.15, -0.1) is 0 Å². The minimum Gasteiger partial charge on any atom is -0.494 e. The lowest BCUT2D eigenvalue weighted by atomic mass is 9.92. The van der Waals surface area contributed by atoms with E-state index in [9.17, 15) is 13.2 Å². The summed E-state index contributed by atoms with van der Waals surface area (Å²) in [5.74, 6) is 1.47. The standard InChI is InChI=1S/C24H36N2O5S/c1-19(2)31-24(27)25-13-9-20(10-14-25)6-5-17-30-23-8-4-7-22(18-23)21-11-15-26(16-12-21)32(3,28)29/h4,7-8,11,18-20H,5-6,9-10,12-17H2,1-3H3. The summed E-state index contributed by atoms with van der Waals surface area (Å²) in [6.45, 7) is 6.89. The normalized spacial score (nSPS) is 18.5. The number of amides is 1. The number of ether oxygens (including phenoxy) is 2. The van der Waals surface area contributed by atoms with Crippen LogP contribution in [-0.4, -0.2) is 68.9 Å². The van der Waals surface area contributed by atoms with Crippen molar-refractivity contribution in [1.82, 2.24) is 9.21 Å². The average Bonchev–Trinajstić information content (AvgIpc) is 2.76. The lowest BCUT2D eigenvalue weighted by Crippen LogP contribution is -2.39. The molecule has 1 aromatic carbocycles. The van der Waals surface area contributed by atoms with E-state index in [4.69, 9.17) is 9.47 Å². The molecule has 8 heteroatoms. The molecular formula is C24H36N2O5S. The minimum atomic E-state index is -3.14. The van der Waals surface area contributed by atoms with Crippen molar-refractivity contribution >= 4 is 21.7 Å². The van der Waals surface area contributed by atoms with Gasteiger partial charge in [-0.3, -0.25) is 0 Å². The van der Waals surface area contributed by atoms with Crippen LogP contribution in [0.4, 0.5) is 4.79 Å². The predicted molar refractivity (Wildman–Crippen MR) is 126 cm³/mol. The highest BCUT2D eigenvalue weighted by molar-refractivity contribution is 7.88. The summed E-state index contributed by atoms with van der Waals surface area (Å²) < 4.78 is 36.1. The van der Waals surface area contributed by atoms with Crippen molar-refractivity contribution in [3.63, 3.8) is 0 Å². The van der Waals surface area contributed by atoms with Crippen molar-refractivity contribution in [3.8, 4) is 5.75 Å². The molecule has 0 spiro atoms. The monoisotopic (exact) mass is 464 g/mol. The van der Waals surface area contributed by atoms with E-state index in [1.807, 2.05) is 49.1 Å². The first-order chi connectivity index (χ1) is 15.2. The average molecular weight is 465 g/mol. The van der Waals surface area contributed by atoms with Crippen LogP contribution in [0.1, 0.15) is 51.5 Å². The minimum absolute atomic E-state index is 0.0764. The molecule has 0 aromatic heterocycles. The Bertz CT molecular complexity index is 905. The summed E-state index contributed by atoms with van der Waals surface area (Å²) in [5, 5.41) is 0. The Balaban J connectivity index is 1.39. The molecule has 0 aliphatic carbocycles. The Hall–Kier alpha value is -2.06. The van der Waals surface area contributed by atoms with Crippen LogP contribution in [0.5, 0.6) is 5.75 Å². The number of carbonyl (C=O) groups is 1. The molecule has 1 aromatic rings. The van der Waals surface area contributed by atoms with Crippen LogP contribution < -0.4 is 4.74 Å². The molecule has 0 atom stereocenters. The predicted octanol–water partition coefficient (Wildman–Crippen LogP) is 4.15. The van der Waals surface area contributed by atoms with Gasteiger partial charge in [0.05, 0.1) is 19.0 Å². The first-order valence-corrected chi connectivity index (χ1v) is 13.4. The van der Waals surface area contributed by atoms with Gasteiger partial charge >= 0.3 is 6.09 Å². The van der Waals surface area contributed by atoms with Gasteiger partial charge in [-0.1, -0.05) is 18.2 Å². The fraction of sp³-hybridized carbons (Fsp3) is 0.625. The van der Waals surface area contributed by atoms with E-state index in [2.05, 4.69) is 0 Å². The van der Waals surface area contributed by atoms with Crippen molar-refractivity contribution in [2.75, 3.05) is 39.0 Å². The van der Waals surface area contributed by atoms with Crippen molar-refractivity contribution in [2.24, 2.45) is 5.92 Å². The third kappa shape index (κ3) is 7.24. The second-order valence-electron chi connectivity index (χ2n) is 8.98. The fourth-order valence-corrected chi connectivity index (χ4v) is 5.01. The number of benzene rings is 1. The Kier molecular flexibility index (Phi) is 8.59. The van der Waals surface area contributed by atoms with Gasteiger partial charge < -0.3 is 14.4 Å². The smallest absolute Gasteiger partial charge is 0.410 e. The number of hydrogen-bond acceptors (Lipinski definition) is 5. The molecule has 2 heterocycles. The van der Waals surface area contributed by atoms with Crippen molar-refractivity contribution in [2.45, 2.75) is 52.1 Å². The lowest BCUT2D eigenvalue weighted by molar-refractivity contribution is 0.0643. The molecule has 2 aliphatic heterocycles. The van der Waals surface area contributed by atoms with Gasteiger partial charge in [-0.05, 0) is 75.1 Å². The Morgan fingerprint density at radius 3 is 2.56 bits per heavy atom. The maximum absolute atomic E-state index is 12.0. The summed E-state index contributed by atoms with van der Waals surface area (Å²) in [6.07, 6.45) is 7.79. The summed E-state index contributed by atoms with van der Waals surface area (Å²) >= 11 is 0. The van der Waals surface area contributed by atoms with Crippen LogP contribution in [0.3, 0.4) is 0 Å². The van der Waals surface area contributed by atoms with E-state index in [-0.39, 0.29) is 12.2 Å². The molecule has 1 fully saturated rings. The van der Waals surface area contributed by atoms with E-state index in [0.717, 1.165) is 55.7 Å². The molecule has 0 saturated carbocycles. The number of sulfonamides is 1. The highest BCUT2D eigenvalue weighted by Gasteiger charge is 2.24. The number of nitrogens with zero attached hydrogens (tertiary/aromatic N) is 2. The third-order valence-corrected chi connectivity index (χ3v) is 7.35. The zero-order chi connectivity index (χ0) is 23.1. The van der Waals surface area contributed by atoms with Gasteiger partial charge in [-0.25, -0.2) is 13.2 Å². The van der Waals surface area contributed by atoms with Gasteiger partial charge in [0.25, 0.3) is 0 Å². The zero-order valence-electron chi connectivity index (χ0n) is 19.5. The summed E-state index contributed by atoms with van der Waals surface area (Å²) in [5.41, 5.74) is 2.26. The second kappa shape index (κ2) is 11.2. The topological polar surface area (TPSA) is 76.2 Å². The Morgan fingerprint density at radius 2 is 1.94 bits per heavy atom. The van der Waals surface area contributed by atoms with Gasteiger partial charge in [0, 0.05) is 26.2 Å². The van der Waals surface area contributed by atoms with E-state index in [1.54, 1.807) is 0 Å². The largest absolute Gasteiger partial charge is 0.494 e. The van der Waals surface area contributed by atoms with Crippen molar-refractivity contribution < 1.29 is 22.7 Å². The van der Waals surface area contributed by atoms with Crippen LogP contribution in [0, 0.1) is 5.92 Å². The van der Waals surface area contributed by atoms with Gasteiger partial charge in [-0.2, -0.15) is 4.31 Å². The number of piperidine rings is 1. The molecule has 0 unspecified atom stereocenters. The maximum Gasteiger partial charge on any atom is 0.410 e. The molecule has 1 saturated heterocycles. The van der Waals surface area contributed by atoms with E-state index in [0.29, 0.717) is 32.0 Å². The lowest BCUT2D eigenvalue weighted by Gasteiger charge is -2.31. The van der Waals surface area contributed by atoms with Crippen LogP contribution in [0.15, 0.2) is 30.3 Å². The van der Waals surface area contributed by atoms with Crippen molar-refractivity contribution in [3.05, 3.63) is 35.9 Å². The number of likely N-dealkylation sites (tertiary alicyclic amines) is 1.